The van der Waals surface area contributed by atoms with Crippen molar-refractivity contribution in [1.82, 2.24) is 0 Å². The second kappa shape index (κ2) is 8.79. The SMILES string of the molecule is CC(Oc1ccccc1)C(=O)Nc1cccc(S(=O)(=O)N(C)c2ccccc2)c1. The van der Waals surface area contributed by atoms with E-state index in [0.29, 0.717) is 17.1 Å². The van der Waals surface area contributed by atoms with Crippen molar-refractivity contribution in [2.75, 3.05) is 16.7 Å². The Morgan fingerprint density at radius 3 is 2.21 bits per heavy atom. The first-order valence-corrected chi connectivity index (χ1v) is 10.5. The summed E-state index contributed by atoms with van der Waals surface area (Å²) in [4.78, 5) is 12.5. The number of benzene rings is 3. The molecule has 29 heavy (non-hydrogen) atoms. The number of anilines is 2. The molecule has 0 aliphatic carbocycles. The van der Waals surface area contributed by atoms with Gasteiger partial charge < -0.3 is 10.1 Å². The molecular weight excluding hydrogens is 388 g/mol. The number of amides is 1. The van der Waals surface area contributed by atoms with E-state index in [1.807, 2.05) is 24.3 Å². The fraction of sp³-hybridized carbons (Fsp3) is 0.136. The highest BCUT2D eigenvalue weighted by Gasteiger charge is 2.22. The molecule has 0 aliphatic heterocycles. The molecule has 6 nitrogen and oxygen atoms in total. The third-order valence-corrected chi connectivity index (χ3v) is 6.09. The average Bonchev–Trinajstić information content (AvgIpc) is 2.74. The molecule has 0 aromatic heterocycles. The van der Waals surface area contributed by atoms with Gasteiger partial charge in [-0.1, -0.05) is 42.5 Å². The topological polar surface area (TPSA) is 75.7 Å². The molecule has 3 aromatic rings. The van der Waals surface area contributed by atoms with Crippen LogP contribution >= 0.6 is 0 Å². The van der Waals surface area contributed by atoms with E-state index < -0.39 is 16.1 Å². The zero-order valence-corrected chi connectivity index (χ0v) is 17.0. The molecule has 0 spiro atoms. The highest BCUT2D eigenvalue weighted by Crippen LogP contribution is 2.24. The molecule has 0 heterocycles. The van der Waals surface area contributed by atoms with Crippen molar-refractivity contribution in [1.29, 1.82) is 0 Å². The number of sulfonamides is 1. The number of hydrogen-bond donors (Lipinski definition) is 1. The molecular formula is C22H22N2O4S. The monoisotopic (exact) mass is 410 g/mol. The molecule has 3 aromatic carbocycles. The first kappa shape index (κ1) is 20.4. The van der Waals surface area contributed by atoms with Crippen LogP contribution in [0, 0.1) is 0 Å². The van der Waals surface area contributed by atoms with Crippen LogP contribution in [0.25, 0.3) is 0 Å². The highest BCUT2D eigenvalue weighted by molar-refractivity contribution is 7.92. The van der Waals surface area contributed by atoms with Gasteiger partial charge in [-0.3, -0.25) is 9.10 Å². The van der Waals surface area contributed by atoms with Crippen molar-refractivity contribution in [3.63, 3.8) is 0 Å². The van der Waals surface area contributed by atoms with E-state index in [2.05, 4.69) is 5.32 Å². The smallest absolute Gasteiger partial charge is 0.265 e. The van der Waals surface area contributed by atoms with Gasteiger partial charge in [-0.25, -0.2) is 8.42 Å². The number of rotatable bonds is 7. The summed E-state index contributed by atoms with van der Waals surface area (Å²) in [7, 11) is -2.28. The average molecular weight is 410 g/mol. The van der Waals surface area contributed by atoms with Crippen molar-refractivity contribution in [2.45, 2.75) is 17.9 Å². The Labute approximate surface area is 170 Å². The number of hydrogen-bond acceptors (Lipinski definition) is 4. The summed E-state index contributed by atoms with van der Waals surface area (Å²) in [5, 5.41) is 2.71. The van der Waals surface area contributed by atoms with Crippen molar-refractivity contribution in [3.05, 3.63) is 84.9 Å². The van der Waals surface area contributed by atoms with Crippen LogP contribution in [0.5, 0.6) is 5.75 Å². The predicted molar refractivity (Wildman–Crippen MR) is 114 cm³/mol. The Hall–Kier alpha value is -3.32. The summed E-state index contributed by atoms with van der Waals surface area (Å²) in [6.45, 7) is 1.63. The molecule has 0 saturated heterocycles. The second-order valence-electron chi connectivity index (χ2n) is 6.40. The van der Waals surface area contributed by atoms with Gasteiger partial charge in [0, 0.05) is 12.7 Å². The van der Waals surface area contributed by atoms with Crippen LogP contribution < -0.4 is 14.4 Å². The summed E-state index contributed by atoms with van der Waals surface area (Å²) in [6.07, 6.45) is -0.746. The van der Waals surface area contributed by atoms with Gasteiger partial charge in [-0.2, -0.15) is 0 Å². The lowest BCUT2D eigenvalue weighted by Gasteiger charge is -2.20. The Kier molecular flexibility index (Phi) is 6.19. The van der Waals surface area contributed by atoms with Gasteiger partial charge >= 0.3 is 0 Å². The summed E-state index contributed by atoms with van der Waals surface area (Å²) in [6, 6.07) is 23.9. The third kappa shape index (κ3) is 4.94. The summed E-state index contributed by atoms with van der Waals surface area (Å²) in [5.74, 6) is 0.204. The minimum absolute atomic E-state index is 0.0817. The highest BCUT2D eigenvalue weighted by atomic mass is 32.2. The molecule has 0 aliphatic rings. The Morgan fingerprint density at radius 1 is 0.931 bits per heavy atom. The Bertz CT molecular complexity index is 1070. The molecule has 0 fully saturated rings. The lowest BCUT2D eigenvalue weighted by atomic mass is 10.3. The molecule has 1 N–H and O–H groups in total. The first-order valence-electron chi connectivity index (χ1n) is 9.04. The van der Waals surface area contributed by atoms with E-state index in [1.165, 1.54) is 23.5 Å². The second-order valence-corrected chi connectivity index (χ2v) is 8.37. The molecule has 0 bridgehead atoms. The van der Waals surface area contributed by atoms with E-state index in [-0.39, 0.29) is 10.8 Å². The van der Waals surface area contributed by atoms with E-state index >= 15 is 0 Å². The molecule has 150 valence electrons. The van der Waals surface area contributed by atoms with Gasteiger partial charge in [0.25, 0.3) is 15.9 Å². The molecule has 1 amide bonds. The summed E-state index contributed by atoms with van der Waals surface area (Å²) < 4.78 is 32.7. The van der Waals surface area contributed by atoms with E-state index in [1.54, 1.807) is 55.5 Å². The van der Waals surface area contributed by atoms with Gasteiger partial charge in [-0.05, 0) is 49.4 Å². The van der Waals surface area contributed by atoms with Crippen molar-refractivity contribution >= 4 is 27.3 Å². The van der Waals surface area contributed by atoms with E-state index in [4.69, 9.17) is 4.74 Å². The van der Waals surface area contributed by atoms with Gasteiger partial charge in [0.05, 0.1) is 10.6 Å². The number of ether oxygens (including phenoxy) is 1. The summed E-state index contributed by atoms with van der Waals surface area (Å²) in [5.41, 5.74) is 0.924. The van der Waals surface area contributed by atoms with Crippen molar-refractivity contribution < 1.29 is 17.9 Å². The fourth-order valence-corrected chi connectivity index (χ4v) is 3.91. The quantitative estimate of drug-likeness (QED) is 0.641. The van der Waals surface area contributed by atoms with Crippen LogP contribution in [0.3, 0.4) is 0 Å². The zero-order chi connectivity index (χ0) is 20.9. The van der Waals surface area contributed by atoms with E-state index in [9.17, 15) is 13.2 Å². The standard InChI is InChI=1S/C22H22N2O4S/c1-17(28-20-13-7-4-8-14-20)22(25)23-18-10-9-15-21(16-18)29(26,27)24(2)19-11-5-3-6-12-19/h3-17H,1-2H3,(H,23,25). The molecule has 7 heteroatoms. The van der Waals surface area contributed by atoms with Crippen molar-refractivity contribution in [2.24, 2.45) is 0 Å². The minimum Gasteiger partial charge on any atom is -0.481 e. The molecule has 0 saturated carbocycles. The van der Waals surface area contributed by atoms with Gasteiger partial charge in [0.15, 0.2) is 6.10 Å². The van der Waals surface area contributed by atoms with Crippen LogP contribution in [-0.2, 0) is 14.8 Å². The van der Waals surface area contributed by atoms with Crippen LogP contribution in [0.4, 0.5) is 11.4 Å². The maximum absolute atomic E-state index is 12.9. The number of carbonyl (C=O) groups excluding carboxylic acids is 1. The maximum atomic E-state index is 12.9. The first-order chi connectivity index (χ1) is 13.9. The molecule has 1 unspecified atom stereocenters. The third-order valence-electron chi connectivity index (χ3n) is 4.31. The molecule has 0 radical (unpaired) electrons. The minimum atomic E-state index is -3.77. The van der Waals surface area contributed by atoms with Crippen LogP contribution in [-0.4, -0.2) is 27.5 Å². The van der Waals surface area contributed by atoms with Gasteiger partial charge in [0.2, 0.25) is 0 Å². The molecule has 1 atom stereocenters. The van der Waals surface area contributed by atoms with Gasteiger partial charge in [0.1, 0.15) is 5.75 Å². The number of nitrogens with zero attached hydrogens (tertiary/aromatic N) is 1. The number of para-hydroxylation sites is 2. The van der Waals surface area contributed by atoms with Gasteiger partial charge in [-0.15, -0.1) is 0 Å². The Balaban J connectivity index is 1.74. The maximum Gasteiger partial charge on any atom is 0.265 e. The van der Waals surface area contributed by atoms with Crippen molar-refractivity contribution in [3.8, 4) is 5.75 Å². The number of nitrogens with one attached hydrogen (secondary N) is 1. The van der Waals surface area contributed by atoms with Crippen LogP contribution in [0.1, 0.15) is 6.92 Å². The lowest BCUT2D eigenvalue weighted by Crippen LogP contribution is -2.30. The van der Waals surface area contributed by atoms with Crippen LogP contribution in [0.2, 0.25) is 0 Å². The van der Waals surface area contributed by atoms with E-state index in [0.717, 1.165) is 0 Å². The Morgan fingerprint density at radius 2 is 1.55 bits per heavy atom. The lowest BCUT2D eigenvalue weighted by molar-refractivity contribution is -0.122. The number of carbonyl (C=O) groups is 1. The van der Waals surface area contributed by atoms with Crippen LogP contribution in [0.15, 0.2) is 89.8 Å². The summed E-state index contributed by atoms with van der Waals surface area (Å²) >= 11 is 0. The zero-order valence-electron chi connectivity index (χ0n) is 16.1. The largest absolute Gasteiger partial charge is 0.481 e. The normalized spacial score (nSPS) is 12.1. The molecule has 3 rings (SSSR count). The fourth-order valence-electron chi connectivity index (χ4n) is 2.67. The predicted octanol–water partition coefficient (Wildman–Crippen LogP) is 3.92.